The van der Waals surface area contributed by atoms with E-state index in [1.165, 1.54) is 51.4 Å². The third-order valence-corrected chi connectivity index (χ3v) is 10.5. The third-order valence-electron chi connectivity index (χ3n) is 10.5. The third kappa shape index (κ3) is 2.78. The molecule has 7 atom stereocenters. The first-order valence-electron chi connectivity index (χ1n) is 12.1. The van der Waals surface area contributed by atoms with Crippen LogP contribution in [0.2, 0.25) is 0 Å². The van der Waals surface area contributed by atoms with Gasteiger partial charge in [-0.05, 0) is 92.3 Å². The summed E-state index contributed by atoms with van der Waals surface area (Å²) in [5.41, 5.74) is 0.735. The van der Waals surface area contributed by atoms with Crippen molar-refractivity contribution in [3.05, 3.63) is 0 Å². The molecule has 3 nitrogen and oxygen atoms in total. The number of ketones is 1. The van der Waals surface area contributed by atoms with Gasteiger partial charge < -0.3 is 9.47 Å². The van der Waals surface area contributed by atoms with Crippen LogP contribution in [0.25, 0.3) is 0 Å². The van der Waals surface area contributed by atoms with Gasteiger partial charge in [-0.1, -0.05) is 13.8 Å². The molecule has 0 aromatic rings. The lowest BCUT2D eigenvalue weighted by atomic mass is 9.45. The molecule has 0 radical (unpaired) electrons. The van der Waals surface area contributed by atoms with Crippen LogP contribution in [0.3, 0.4) is 0 Å². The molecule has 0 aromatic heterocycles. The minimum Gasteiger partial charge on any atom is -0.353 e. The summed E-state index contributed by atoms with van der Waals surface area (Å²) in [6, 6.07) is 0. The lowest BCUT2D eigenvalue weighted by molar-refractivity contribution is -0.264. The zero-order chi connectivity index (χ0) is 19.6. The minimum absolute atomic E-state index is 0.299. The topological polar surface area (TPSA) is 35.5 Å². The molecule has 5 saturated carbocycles. The molecule has 0 N–H and O–H groups in total. The molecule has 0 amide bonds. The number of hydrogen-bond donors (Lipinski definition) is 0. The summed E-state index contributed by atoms with van der Waals surface area (Å²) in [4.78, 5) is 12.1. The smallest absolute Gasteiger partial charge is 0.168 e. The van der Waals surface area contributed by atoms with E-state index in [9.17, 15) is 4.79 Å². The van der Waals surface area contributed by atoms with Crippen molar-refractivity contribution in [1.29, 1.82) is 0 Å². The van der Waals surface area contributed by atoms with Gasteiger partial charge in [0.15, 0.2) is 5.79 Å². The molecule has 3 heteroatoms. The van der Waals surface area contributed by atoms with Gasteiger partial charge >= 0.3 is 0 Å². The Morgan fingerprint density at radius 1 is 0.857 bits per heavy atom. The number of rotatable bonds is 3. The fourth-order valence-corrected chi connectivity index (χ4v) is 8.73. The second-order valence-electron chi connectivity index (χ2n) is 11.4. The maximum atomic E-state index is 12.1. The SMILES string of the molecule is COC1(O[C@H]2CC[C@H]3[C@@H]4CC[C@H]5CC(=O)CC[C@]5(C)[C@H]4CC[C@]23C)CCCC1. The molecule has 0 saturated heterocycles. The summed E-state index contributed by atoms with van der Waals surface area (Å²) in [6.07, 6.45) is 15.7. The Balaban J connectivity index is 1.36. The molecule has 0 bridgehead atoms. The molecule has 28 heavy (non-hydrogen) atoms. The van der Waals surface area contributed by atoms with E-state index in [2.05, 4.69) is 13.8 Å². The van der Waals surface area contributed by atoms with Crippen LogP contribution < -0.4 is 0 Å². The Hall–Kier alpha value is -0.410. The first kappa shape index (κ1) is 19.5. The van der Waals surface area contributed by atoms with Crippen LogP contribution in [0, 0.1) is 34.5 Å². The van der Waals surface area contributed by atoms with Crippen LogP contribution in [0.5, 0.6) is 0 Å². The molecule has 5 fully saturated rings. The normalized spacial score (nSPS) is 50.1. The van der Waals surface area contributed by atoms with Crippen molar-refractivity contribution in [3.63, 3.8) is 0 Å². The van der Waals surface area contributed by atoms with Gasteiger partial charge in [-0.15, -0.1) is 0 Å². The van der Waals surface area contributed by atoms with Crippen molar-refractivity contribution in [2.45, 2.75) is 109 Å². The van der Waals surface area contributed by atoms with Crippen LogP contribution in [0.1, 0.15) is 97.3 Å². The maximum absolute atomic E-state index is 12.1. The quantitative estimate of drug-likeness (QED) is 0.565. The molecular formula is C25H40O3. The largest absolute Gasteiger partial charge is 0.353 e. The highest BCUT2D eigenvalue weighted by Crippen LogP contribution is 2.66. The molecule has 0 spiro atoms. The predicted octanol–water partition coefficient (Wildman–Crippen LogP) is 5.90. The van der Waals surface area contributed by atoms with Gasteiger partial charge in [-0.25, -0.2) is 0 Å². The van der Waals surface area contributed by atoms with Crippen LogP contribution in [0.15, 0.2) is 0 Å². The second-order valence-corrected chi connectivity index (χ2v) is 11.4. The fourth-order valence-electron chi connectivity index (χ4n) is 8.73. The van der Waals surface area contributed by atoms with Gasteiger partial charge in [0.25, 0.3) is 0 Å². The lowest BCUT2D eigenvalue weighted by Crippen LogP contribution is -2.55. The van der Waals surface area contributed by atoms with E-state index in [1.54, 1.807) is 0 Å². The van der Waals surface area contributed by atoms with Crippen molar-refractivity contribution in [3.8, 4) is 0 Å². The highest BCUT2D eigenvalue weighted by molar-refractivity contribution is 5.79. The second kappa shape index (κ2) is 6.80. The minimum atomic E-state index is -0.299. The molecule has 5 aliphatic carbocycles. The van der Waals surface area contributed by atoms with Gasteiger partial charge in [0.1, 0.15) is 5.78 Å². The average Bonchev–Trinajstić information content (AvgIpc) is 3.28. The van der Waals surface area contributed by atoms with Gasteiger partial charge in [-0.3, -0.25) is 4.79 Å². The van der Waals surface area contributed by atoms with E-state index in [1.807, 2.05) is 7.11 Å². The van der Waals surface area contributed by atoms with E-state index in [-0.39, 0.29) is 5.79 Å². The fraction of sp³-hybridized carbons (Fsp3) is 0.960. The summed E-state index contributed by atoms with van der Waals surface area (Å²) in [5.74, 6) is 3.37. The standard InChI is InChI=1S/C25H40O3/c1-23-14-10-18(26)16-17(23)6-7-19-20-8-9-22(24(20,2)15-11-21(19)23)28-25(27-3)12-4-5-13-25/h17,19-22H,4-16H2,1-3H3/t17-,19-,20-,21-,22-,23-,24-/m0/s1. The summed E-state index contributed by atoms with van der Waals surface area (Å²) >= 11 is 0. The zero-order valence-electron chi connectivity index (χ0n) is 18.3. The van der Waals surface area contributed by atoms with Gasteiger partial charge in [0.05, 0.1) is 6.10 Å². The molecule has 0 unspecified atom stereocenters. The Bertz CT molecular complexity index is 623. The number of ether oxygens (including phenoxy) is 2. The Morgan fingerprint density at radius 2 is 1.61 bits per heavy atom. The Kier molecular flexibility index (Phi) is 4.75. The van der Waals surface area contributed by atoms with Gasteiger partial charge in [0, 0.05) is 32.8 Å². The highest BCUT2D eigenvalue weighted by atomic mass is 16.7. The number of hydrogen-bond acceptors (Lipinski definition) is 3. The Labute approximate surface area is 171 Å². The molecular weight excluding hydrogens is 348 g/mol. The first-order chi connectivity index (χ1) is 13.4. The highest BCUT2D eigenvalue weighted by Gasteiger charge is 2.61. The van der Waals surface area contributed by atoms with Gasteiger partial charge in [0.2, 0.25) is 0 Å². The molecule has 5 aliphatic rings. The molecule has 158 valence electrons. The number of Topliss-reactive ketones (excluding diaryl/α,β-unsaturated/α-hetero) is 1. The molecule has 0 aromatic carbocycles. The van der Waals surface area contributed by atoms with Crippen molar-refractivity contribution in [1.82, 2.24) is 0 Å². The zero-order valence-corrected chi connectivity index (χ0v) is 18.3. The van der Waals surface area contributed by atoms with E-state index in [0.29, 0.717) is 28.6 Å². The van der Waals surface area contributed by atoms with E-state index >= 15 is 0 Å². The Morgan fingerprint density at radius 3 is 2.36 bits per heavy atom. The van der Waals surface area contributed by atoms with Crippen LogP contribution >= 0.6 is 0 Å². The number of carbonyl (C=O) groups excluding carboxylic acids is 1. The van der Waals surface area contributed by atoms with Crippen LogP contribution in [-0.4, -0.2) is 24.8 Å². The van der Waals surface area contributed by atoms with E-state index < -0.39 is 0 Å². The first-order valence-corrected chi connectivity index (χ1v) is 12.1. The number of carbonyl (C=O) groups is 1. The van der Waals surface area contributed by atoms with Crippen molar-refractivity contribution >= 4 is 5.78 Å². The number of fused-ring (bicyclic) bond motifs is 5. The molecule has 5 rings (SSSR count). The van der Waals surface area contributed by atoms with E-state index in [0.717, 1.165) is 49.9 Å². The van der Waals surface area contributed by atoms with Crippen molar-refractivity contribution < 1.29 is 14.3 Å². The summed E-state index contributed by atoms with van der Waals surface area (Å²) < 4.78 is 12.8. The van der Waals surface area contributed by atoms with E-state index in [4.69, 9.17) is 9.47 Å². The molecule has 0 heterocycles. The monoisotopic (exact) mass is 388 g/mol. The van der Waals surface area contributed by atoms with Crippen LogP contribution in [0.4, 0.5) is 0 Å². The van der Waals surface area contributed by atoms with Crippen molar-refractivity contribution in [2.24, 2.45) is 34.5 Å². The summed E-state index contributed by atoms with van der Waals surface area (Å²) in [5, 5.41) is 0. The van der Waals surface area contributed by atoms with Crippen molar-refractivity contribution in [2.75, 3.05) is 7.11 Å². The summed E-state index contributed by atoms with van der Waals surface area (Å²) in [7, 11) is 1.85. The van der Waals surface area contributed by atoms with Gasteiger partial charge in [-0.2, -0.15) is 0 Å². The number of methoxy groups -OCH3 is 1. The van der Waals surface area contributed by atoms with Crippen LogP contribution in [-0.2, 0) is 14.3 Å². The lowest BCUT2D eigenvalue weighted by Gasteiger charge is -2.60. The predicted molar refractivity (Wildman–Crippen MR) is 110 cm³/mol. The average molecular weight is 389 g/mol. The molecule has 0 aliphatic heterocycles. The summed E-state index contributed by atoms with van der Waals surface area (Å²) in [6.45, 7) is 5.09. The maximum Gasteiger partial charge on any atom is 0.168 e.